The maximum absolute atomic E-state index is 13.2. The van der Waals surface area contributed by atoms with Crippen LogP contribution in [0.4, 0.5) is 17.6 Å². The van der Waals surface area contributed by atoms with Crippen LogP contribution in [0.2, 0.25) is 0 Å². The topological polar surface area (TPSA) is 228 Å². The summed E-state index contributed by atoms with van der Waals surface area (Å²) in [5.74, 6) is -7.35. The first kappa shape index (κ1) is 41.7. The Hall–Kier alpha value is -6.72. The quantitative estimate of drug-likeness (QED) is 0.103. The summed E-state index contributed by atoms with van der Waals surface area (Å²) < 4.78 is 52.7. The van der Waals surface area contributed by atoms with E-state index in [0.717, 1.165) is 24.3 Å². The van der Waals surface area contributed by atoms with Gasteiger partial charge in [-0.15, -0.1) is 0 Å². The lowest BCUT2D eigenvalue weighted by atomic mass is 10.1. The minimum Gasteiger partial charge on any atom is -0.368 e. The number of pyridine rings is 2. The third-order valence-corrected chi connectivity index (χ3v) is 7.26. The van der Waals surface area contributed by atoms with Gasteiger partial charge in [-0.3, -0.25) is 38.7 Å². The second-order valence-electron chi connectivity index (χ2n) is 11.7. The molecule has 0 fully saturated rings. The van der Waals surface area contributed by atoms with Gasteiger partial charge in [-0.1, -0.05) is 12.1 Å². The van der Waals surface area contributed by atoms with E-state index in [4.69, 9.17) is 11.5 Å². The van der Waals surface area contributed by atoms with E-state index >= 15 is 0 Å². The highest BCUT2D eigenvalue weighted by molar-refractivity contribution is 5.93. The monoisotopic (exact) mass is 752 g/mol. The molecular formula is C36H36F4N8O6. The van der Waals surface area contributed by atoms with Crippen molar-refractivity contribution in [1.29, 1.82) is 0 Å². The number of benzene rings is 2. The maximum Gasteiger partial charge on any atom is 0.246 e. The molecule has 0 saturated heterocycles. The van der Waals surface area contributed by atoms with Gasteiger partial charge in [0.15, 0.2) is 6.04 Å². The first-order valence-corrected chi connectivity index (χ1v) is 16.0. The van der Waals surface area contributed by atoms with E-state index in [1.165, 1.54) is 38.5 Å². The molecule has 2 aromatic heterocycles. The van der Waals surface area contributed by atoms with Crippen molar-refractivity contribution in [3.05, 3.63) is 131 Å². The summed E-state index contributed by atoms with van der Waals surface area (Å²) in [7, 11) is 0. The number of hydrogen-bond acceptors (Lipinski definition) is 8. The number of amides is 6. The lowest BCUT2D eigenvalue weighted by molar-refractivity contribution is -0.131. The van der Waals surface area contributed by atoms with Gasteiger partial charge in [0.1, 0.15) is 41.4 Å². The van der Waals surface area contributed by atoms with E-state index in [2.05, 4.69) is 31.2 Å². The molecule has 8 N–H and O–H groups in total. The molecule has 14 nitrogen and oxygen atoms in total. The molecule has 0 aliphatic heterocycles. The van der Waals surface area contributed by atoms with E-state index in [9.17, 15) is 46.3 Å². The van der Waals surface area contributed by atoms with Gasteiger partial charge in [0.25, 0.3) is 0 Å². The predicted octanol–water partition coefficient (Wildman–Crippen LogP) is 1.50. The van der Waals surface area contributed by atoms with Gasteiger partial charge in [-0.25, -0.2) is 17.6 Å². The van der Waals surface area contributed by atoms with Crippen molar-refractivity contribution in [2.75, 3.05) is 0 Å². The summed E-state index contributed by atoms with van der Waals surface area (Å²) >= 11 is 0. The zero-order valence-electron chi connectivity index (χ0n) is 28.8. The Bertz CT molecular complexity index is 1790. The van der Waals surface area contributed by atoms with Gasteiger partial charge in [-0.2, -0.15) is 0 Å². The second-order valence-corrected chi connectivity index (χ2v) is 11.7. The summed E-state index contributed by atoms with van der Waals surface area (Å²) in [4.78, 5) is 79.5. The number of nitrogens with one attached hydrogen (secondary N) is 4. The second kappa shape index (κ2) is 19.8. The molecule has 54 heavy (non-hydrogen) atoms. The zero-order chi connectivity index (χ0) is 39.9. The van der Waals surface area contributed by atoms with Crippen molar-refractivity contribution in [2.24, 2.45) is 11.5 Å². The van der Waals surface area contributed by atoms with Crippen molar-refractivity contribution in [1.82, 2.24) is 31.2 Å². The standard InChI is InChI=1S/2C18H18F2N4O3/c1-10(23-15(25)7-11-5-13(19)8-14(20)6-11)18(27)24-16(17(21)26)12-3-2-4-22-9-12;1-10(23-15(25)8-11-6-12(19)9-13(20)7-11)18(27)24-16(17(21)26)14-4-2-3-5-22-14/h2-6,8-10,16H,7H2,1H3,(H2,21,26)(H,23,25)(H,24,27);2-7,9-10,16H,8H2,1H3,(H2,21,26)(H,23,25)(H,24,27)/t2*10-,16?/m00/s1. The lowest BCUT2D eigenvalue weighted by Gasteiger charge is -2.19. The fraction of sp³-hybridized carbons (Fsp3) is 0.222. The van der Waals surface area contributed by atoms with Crippen LogP contribution in [-0.4, -0.2) is 57.5 Å². The molecule has 0 spiro atoms. The minimum atomic E-state index is -1.16. The molecule has 4 aromatic rings. The van der Waals surface area contributed by atoms with Crippen LogP contribution in [0.1, 0.15) is 48.3 Å². The average molecular weight is 753 g/mol. The Morgan fingerprint density at radius 1 is 0.611 bits per heavy atom. The molecule has 6 amide bonds. The Morgan fingerprint density at radius 2 is 1.07 bits per heavy atom. The van der Waals surface area contributed by atoms with Crippen LogP contribution in [0.25, 0.3) is 0 Å². The minimum absolute atomic E-state index is 0.126. The molecule has 0 radical (unpaired) electrons. The van der Waals surface area contributed by atoms with Gasteiger partial charge in [0, 0.05) is 36.3 Å². The molecule has 2 aromatic carbocycles. The lowest BCUT2D eigenvalue weighted by Crippen LogP contribution is -2.48. The fourth-order valence-electron chi connectivity index (χ4n) is 4.75. The molecule has 0 saturated carbocycles. The maximum atomic E-state index is 13.2. The van der Waals surface area contributed by atoms with Crippen LogP contribution < -0.4 is 32.7 Å². The van der Waals surface area contributed by atoms with E-state index in [0.29, 0.717) is 17.7 Å². The van der Waals surface area contributed by atoms with Crippen LogP contribution in [0.3, 0.4) is 0 Å². The molecule has 0 bridgehead atoms. The largest absolute Gasteiger partial charge is 0.368 e. The number of rotatable bonds is 14. The number of nitrogens with zero attached hydrogens (tertiary/aromatic N) is 2. The first-order valence-electron chi connectivity index (χ1n) is 16.0. The molecular weight excluding hydrogens is 716 g/mol. The average Bonchev–Trinajstić information content (AvgIpc) is 3.09. The van der Waals surface area contributed by atoms with Crippen molar-refractivity contribution in [2.45, 2.75) is 50.9 Å². The van der Waals surface area contributed by atoms with Crippen LogP contribution >= 0.6 is 0 Å². The summed E-state index contributed by atoms with van der Waals surface area (Å²) in [5, 5.41) is 9.63. The molecule has 2 unspecified atom stereocenters. The number of aromatic nitrogens is 2. The third-order valence-electron chi connectivity index (χ3n) is 7.26. The molecule has 4 atom stereocenters. The zero-order valence-corrected chi connectivity index (χ0v) is 28.8. The molecule has 0 aliphatic rings. The summed E-state index contributed by atoms with van der Waals surface area (Å²) in [6.07, 6.45) is 3.71. The van der Waals surface area contributed by atoms with Gasteiger partial charge in [0.05, 0.1) is 18.5 Å². The molecule has 2 heterocycles. The Labute approximate surface area is 306 Å². The molecule has 18 heteroatoms. The number of nitrogens with two attached hydrogens (primary N) is 2. The molecule has 0 aliphatic carbocycles. The predicted molar refractivity (Wildman–Crippen MR) is 184 cm³/mol. The van der Waals surface area contributed by atoms with E-state index in [1.54, 1.807) is 24.3 Å². The Morgan fingerprint density at radius 3 is 1.46 bits per heavy atom. The van der Waals surface area contributed by atoms with E-state index in [1.807, 2.05) is 0 Å². The van der Waals surface area contributed by atoms with Crippen molar-refractivity contribution in [3.8, 4) is 0 Å². The first-order chi connectivity index (χ1) is 25.5. The highest BCUT2D eigenvalue weighted by atomic mass is 19.1. The van der Waals surface area contributed by atoms with Gasteiger partial charge >= 0.3 is 0 Å². The molecule has 284 valence electrons. The Kier molecular flexibility index (Phi) is 15.3. The summed E-state index contributed by atoms with van der Waals surface area (Å²) in [6, 6.07) is 9.17. The van der Waals surface area contributed by atoms with Crippen molar-refractivity contribution < 1.29 is 46.3 Å². The van der Waals surface area contributed by atoms with E-state index < -0.39 is 82.9 Å². The summed E-state index contributed by atoms with van der Waals surface area (Å²) in [5.41, 5.74) is 11.5. The number of primary amides is 2. The number of carbonyl (C=O) groups excluding carboxylic acids is 6. The van der Waals surface area contributed by atoms with Gasteiger partial charge < -0.3 is 32.7 Å². The van der Waals surface area contributed by atoms with Crippen LogP contribution in [-0.2, 0) is 41.6 Å². The van der Waals surface area contributed by atoms with Crippen molar-refractivity contribution in [3.63, 3.8) is 0 Å². The van der Waals surface area contributed by atoms with Crippen LogP contribution in [0.15, 0.2) is 85.3 Å². The number of hydrogen-bond donors (Lipinski definition) is 6. The third kappa shape index (κ3) is 13.4. The van der Waals surface area contributed by atoms with Crippen LogP contribution in [0.5, 0.6) is 0 Å². The van der Waals surface area contributed by atoms with Gasteiger partial charge in [0.2, 0.25) is 35.4 Å². The normalized spacial score (nSPS) is 12.7. The van der Waals surface area contributed by atoms with E-state index in [-0.39, 0.29) is 29.7 Å². The fourth-order valence-corrected chi connectivity index (χ4v) is 4.75. The number of halogens is 4. The highest BCUT2D eigenvalue weighted by Gasteiger charge is 2.26. The highest BCUT2D eigenvalue weighted by Crippen LogP contribution is 2.13. The van der Waals surface area contributed by atoms with Crippen LogP contribution in [0, 0.1) is 23.3 Å². The molecule has 4 rings (SSSR count). The smallest absolute Gasteiger partial charge is 0.246 e. The SMILES string of the molecule is C[C@H](NC(=O)Cc1cc(F)cc(F)c1)C(=O)NC(C(N)=O)c1ccccn1.C[C@H](NC(=O)Cc1cc(F)cc(F)c1)C(=O)NC(C(N)=O)c1cccnc1. The summed E-state index contributed by atoms with van der Waals surface area (Å²) in [6.45, 7) is 2.80. The number of carbonyl (C=O) groups is 6. The van der Waals surface area contributed by atoms with Gasteiger partial charge in [-0.05, 0) is 67.4 Å². The Balaban J connectivity index is 0.000000290. The van der Waals surface area contributed by atoms with Crippen molar-refractivity contribution >= 4 is 35.4 Å².